The molecular formula is C11H15N3OS. The van der Waals surface area contributed by atoms with Crippen molar-refractivity contribution in [2.45, 2.75) is 18.9 Å². The van der Waals surface area contributed by atoms with E-state index in [9.17, 15) is 0 Å². The number of aromatic nitrogens is 1. The minimum absolute atomic E-state index is 0.301. The van der Waals surface area contributed by atoms with Crippen molar-refractivity contribution in [2.24, 2.45) is 5.73 Å². The summed E-state index contributed by atoms with van der Waals surface area (Å²) in [6.07, 6.45) is 4.26. The van der Waals surface area contributed by atoms with Gasteiger partial charge in [0.2, 0.25) is 0 Å². The zero-order valence-electron chi connectivity index (χ0n) is 8.98. The molecule has 0 aromatic carbocycles. The minimum Gasteiger partial charge on any atom is -0.389 e. The quantitative estimate of drug-likeness (QED) is 0.773. The molecule has 5 heteroatoms. The van der Waals surface area contributed by atoms with Crippen molar-refractivity contribution in [1.82, 2.24) is 4.98 Å². The Hall–Kier alpha value is -1.20. The largest absolute Gasteiger partial charge is 0.389 e. The summed E-state index contributed by atoms with van der Waals surface area (Å²) in [7, 11) is 0. The lowest BCUT2D eigenvalue weighted by atomic mass is 10.2. The molecule has 1 saturated heterocycles. The third kappa shape index (κ3) is 2.90. The molecule has 86 valence electrons. The van der Waals surface area contributed by atoms with Crippen LogP contribution in [0.25, 0.3) is 0 Å². The fourth-order valence-corrected chi connectivity index (χ4v) is 1.83. The highest BCUT2D eigenvalue weighted by Crippen LogP contribution is 2.13. The summed E-state index contributed by atoms with van der Waals surface area (Å²) in [6, 6.07) is 3.66. The lowest BCUT2D eigenvalue weighted by Gasteiger charge is -2.11. The van der Waals surface area contributed by atoms with Crippen molar-refractivity contribution < 1.29 is 4.74 Å². The molecule has 0 spiro atoms. The van der Waals surface area contributed by atoms with Crippen LogP contribution >= 0.6 is 12.2 Å². The summed E-state index contributed by atoms with van der Waals surface area (Å²) < 4.78 is 5.51. The molecule has 0 saturated carbocycles. The van der Waals surface area contributed by atoms with Gasteiger partial charge >= 0.3 is 0 Å². The van der Waals surface area contributed by atoms with Gasteiger partial charge in [0.1, 0.15) is 10.8 Å². The molecule has 0 bridgehead atoms. The maximum atomic E-state index is 5.55. The SMILES string of the molecule is NC(=S)c1ccnc(NCC2CCCO2)c1. The molecule has 1 fully saturated rings. The fourth-order valence-electron chi connectivity index (χ4n) is 1.70. The number of hydrogen-bond donors (Lipinski definition) is 2. The lowest BCUT2D eigenvalue weighted by Crippen LogP contribution is -2.19. The van der Waals surface area contributed by atoms with E-state index in [0.29, 0.717) is 11.1 Å². The Morgan fingerprint density at radius 1 is 1.69 bits per heavy atom. The predicted octanol–water partition coefficient (Wildman–Crippen LogP) is 1.31. The van der Waals surface area contributed by atoms with Gasteiger partial charge in [-0.05, 0) is 25.0 Å². The molecule has 0 amide bonds. The van der Waals surface area contributed by atoms with Crippen LogP contribution in [0.3, 0.4) is 0 Å². The van der Waals surface area contributed by atoms with Crippen LogP contribution in [0.5, 0.6) is 0 Å². The number of anilines is 1. The van der Waals surface area contributed by atoms with Gasteiger partial charge in [-0.25, -0.2) is 4.98 Å². The summed E-state index contributed by atoms with van der Waals surface area (Å²) in [5.41, 5.74) is 6.39. The molecule has 2 heterocycles. The molecule has 1 aromatic heterocycles. The molecule has 2 rings (SSSR count). The Balaban J connectivity index is 1.93. The topological polar surface area (TPSA) is 60.2 Å². The van der Waals surface area contributed by atoms with Gasteiger partial charge in [0.25, 0.3) is 0 Å². The highest BCUT2D eigenvalue weighted by Gasteiger charge is 2.14. The van der Waals surface area contributed by atoms with Gasteiger partial charge in [0, 0.05) is 24.9 Å². The number of rotatable bonds is 4. The molecule has 1 aliphatic rings. The average Bonchev–Trinajstić information content (AvgIpc) is 2.79. The Morgan fingerprint density at radius 3 is 3.25 bits per heavy atom. The van der Waals surface area contributed by atoms with Crippen molar-refractivity contribution in [2.75, 3.05) is 18.5 Å². The standard InChI is InChI=1S/C11H15N3OS/c12-11(16)8-3-4-13-10(6-8)14-7-9-2-1-5-15-9/h3-4,6,9H,1-2,5,7H2,(H2,12,16)(H,13,14). The molecule has 16 heavy (non-hydrogen) atoms. The molecule has 1 unspecified atom stereocenters. The highest BCUT2D eigenvalue weighted by molar-refractivity contribution is 7.80. The van der Waals surface area contributed by atoms with Crippen LogP contribution in [0, 0.1) is 0 Å². The first kappa shape index (κ1) is 11.3. The van der Waals surface area contributed by atoms with Crippen LogP contribution in [-0.4, -0.2) is 29.2 Å². The van der Waals surface area contributed by atoms with Crippen molar-refractivity contribution in [1.29, 1.82) is 0 Å². The monoisotopic (exact) mass is 237 g/mol. The van der Waals surface area contributed by atoms with E-state index in [4.69, 9.17) is 22.7 Å². The fraction of sp³-hybridized carbons (Fsp3) is 0.455. The summed E-state index contributed by atoms with van der Waals surface area (Å²) in [4.78, 5) is 4.59. The smallest absolute Gasteiger partial charge is 0.126 e. The maximum Gasteiger partial charge on any atom is 0.126 e. The van der Waals surface area contributed by atoms with Gasteiger partial charge in [0.05, 0.1) is 6.10 Å². The van der Waals surface area contributed by atoms with E-state index in [1.807, 2.05) is 6.07 Å². The number of nitrogens with two attached hydrogens (primary N) is 1. The van der Waals surface area contributed by atoms with Gasteiger partial charge in [-0.15, -0.1) is 0 Å². The summed E-state index contributed by atoms with van der Waals surface area (Å²) in [5.74, 6) is 0.792. The van der Waals surface area contributed by atoms with Crippen LogP contribution in [0.15, 0.2) is 18.3 Å². The molecule has 4 nitrogen and oxygen atoms in total. The van der Waals surface area contributed by atoms with E-state index < -0.39 is 0 Å². The zero-order chi connectivity index (χ0) is 11.4. The van der Waals surface area contributed by atoms with E-state index in [2.05, 4.69) is 10.3 Å². The second-order valence-corrected chi connectivity index (χ2v) is 4.25. The van der Waals surface area contributed by atoms with Crippen molar-refractivity contribution in [3.8, 4) is 0 Å². The number of ether oxygens (including phenoxy) is 1. The Morgan fingerprint density at radius 2 is 2.56 bits per heavy atom. The number of pyridine rings is 1. The first-order valence-electron chi connectivity index (χ1n) is 5.37. The zero-order valence-corrected chi connectivity index (χ0v) is 9.80. The van der Waals surface area contributed by atoms with Gasteiger partial charge < -0.3 is 15.8 Å². The second-order valence-electron chi connectivity index (χ2n) is 3.81. The van der Waals surface area contributed by atoms with Crippen molar-refractivity contribution >= 4 is 23.0 Å². The van der Waals surface area contributed by atoms with Crippen molar-refractivity contribution in [3.05, 3.63) is 23.9 Å². The third-order valence-corrected chi connectivity index (χ3v) is 2.81. The van der Waals surface area contributed by atoms with Crippen LogP contribution in [0.2, 0.25) is 0 Å². The second kappa shape index (κ2) is 5.23. The van der Waals surface area contributed by atoms with Crippen LogP contribution in [0.1, 0.15) is 18.4 Å². The van der Waals surface area contributed by atoms with Crippen LogP contribution in [-0.2, 0) is 4.74 Å². The van der Waals surface area contributed by atoms with E-state index >= 15 is 0 Å². The number of nitrogens with zero attached hydrogens (tertiary/aromatic N) is 1. The summed E-state index contributed by atoms with van der Waals surface area (Å²) in [6.45, 7) is 1.65. The van der Waals surface area contributed by atoms with E-state index in [-0.39, 0.29) is 0 Å². The molecular weight excluding hydrogens is 222 g/mol. The number of hydrogen-bond acceptors (Lipinski definition) is 4. The maximum absolute atomic E-state index is 5.55. The van der Waals surface area contributed by atoms with E-state index in [0.717, 1.165) is 37.4 Å². The molecule has 1 atom stereocenters. The highest BCUT2D eigenvalue weighted by atomic mass is 32.1. The molecule has 1 aromatic rings. The summed E-state index contributed by atoms with van der Waals surface area (Å²) >= 11 is 4.91. The normalized spacial score (nSPS) is 19.6. The van der Waals surface area contributed by atoms with E-state index in [1.54, 1.807) is 12.3 Å². The molecule has 1 aliphatic heterocycles. The first-order chi connectivity index (χ1) is 7.75. The summed E-state index contributed by atoms with van der Waals surface area (Å²) in [5, 5.41) is 3.23. The van der Waals surface area contributed by atoms with E-state index in [1.165, 1.54) is 0 Å². The Kier molecular flexibility index (Phi) is 3.69. The van der Waals surface area contributed by atoms with Crippen LogP contribution < -0.4 is 11.1 Å². The Bertz CT molecular complexity index is 377. The predicted molar refractivity (Wildman–Crippen MR) is 67.6 cm³/mol. The van der Waals surface area contributed by atoms with Gasteiger partial charge in [-0.1, -0.05) is 12.2 Å². The molecule has 0 aliphatic carbocycles. The Labute approximate surface area is 100 Å². The van der Waals surface area contributed by atoms with Gasteiger partial charge in [0.15, 0.2) is 0 Å². The lowest BCUT2D eigenvalue weighted by molar-refractivity contribution is 0.120. The number of thiocarbonyl (C=S) groups is 1. The van der Waals surface area contributed by atoms with Gasteiger partial charge in [-0.3, -0.25) is 0 Å². The van der Waals surface area contributed by atoms with Crippen LogP contribution in [0.4, 0.5) is 5.82 Å². The minimum atomic E-state index is 0.301. The molecule has 0 radical (unpaired) electrons. The first-order valence-corrected chi connectivity index (χ1v) is 5.78. The average molecular weight is 237 g/mol. The third-order valence-electron chi connectivity index (χ3n) is 2.58. The molecule has 3 N–H and O–H groups in total. The van der Waals surface area contributed by atoms with Gasteiger partial charge in [-0.2, -0.15) is 0 Å². The van der Waals surface area contributed by atoms with Crippen molar-refractivity contribution in [3.63, 3.8) is 0 Å². The number of nitrogens with one attached hydrogen (secondary N) is 1.